The van der Waals surface area contributed by atoms with Crippen molar-refractivity contribution in [3.8, 4) is 11.1 Å². The summed E-state index contributed by atoms with van der Waals surface area (Å²) in [6.07, 6.45) is -1.09. The van der Waals surface area contributed by atoms with Gasteiger partial charge in [0.2, 0.25) is 5.91 Å². The van der Waals surface area contributed by atoms with Gasteiger partial charge in [0, 0.05) is 23.0 Å². The third-order valence-corrected chi connectivity index (χ3v) is 6.07. The van der Waals surface area contributed by atoms with Gasteiger partial charge in [-0.2, -0.15) is 13.2 Å². The number of rotatable bonds is 7. The van der Waals surface area contributed by atoms with Crippen LogP contribution in [0.25, 0.3) is 11.1 Å². The van der Waals surface area contributed by atoms with Crippen molar-refractivity contribution < 1.29 is 27.9 Å². The van der Waals surface area contributed by atoms with E-state index in [2.05, 4.69) is 5.32 Å². The minimum Gasteiger partial charge on any atom is -0.478 e. The van der Waals surface area contributed by atoms with Crippen molar-refractivity contribution in [2.24, 2.45) is 5.92 Å². The molecule has 1 aromatic heterocycles. The number of nitrogens with zero attached hydrogens (tertiary/aromatic N) is 1. The third-order valence-electron chi connectivity index (χ3n) is 5.84. The Morgan fingerprint density at radius 1 is 1.09 bits per heavy atom. The zero-order valence-corrected chi connectivity index (χ0v) is 18.9. The molecule has 1 atom stereocenters. The van der Waals surface area contributed by atoms with Crippen LogP contribution in [-0.2, 0) is 11.0 Å². The molecule has 2 aromatic carbocycles. The molecule has 3 aromatic rings. The van der Waals surface area contributed by atoms with E-state index in [9.17, 15) is 27.6 Å². The second-order valence-corrected chi connectivity index (χ2v) is 8.85. The monoisotopic (exact) mass is 504 g/mol. The molecule has 4 rings (SSSR count). The van der Waals surface area contributed by atoms with E-state index in [1.54, 1.807) is 0 Å². The fourth-order valence-corrected chi connectivity index (χ4v) is 4.03. The minimum absolute atomic E-state index is 0.0379. The van der Waals surface area contributed by atoms with Crippen LogP contribution in [0.3, 0.4) is 0 Å². The Kier molecular flexibility index (Phi) is 6.71. The summed E-state index contributed by atoms with van der Waals surface area (Å²) in [6.45, 7) is 0. The second-order valence-electron chi connectivity index (χ2n) is 8.42. The molecule has 2 N–H and O–H groups in total. The number of carboxylic acid groups (broad SMARTS) is 1. The lowest BCUT2D eigenvalue weighted by Gasteiger charge is -2.20. The maximum Gasteiger partial charge on any atom is 0.417 e. The van der Waals surface area contributed by atoms with Crippen LogP contribution in [0.2, 0.25) is 5.02 Å². The van der Waals surface area contributed by atoms with E-state index in [1.807, 2.05) is 0 Å². The van der Waals surface area contributed by atoms with Gasteiger partial charge in [-0.1, -0.05) is 24.4 Å². The molecule has 1 unspecified atom stereocenters. The summed E-state index contributed by atoms with van der Waals surface area (Å²) in [7, 11) is 0. The predicted molar refractivity (Wildman–Crippen MR) is 125 cm³/mol. The number of pyridine rings is 1. The first kappa shape index (κ1) is 24.5. The Hall–Kier alpha value is -3.59. The molecule has 0 aliphatic heterocycles. The smallest absolute Gasteiger partial charge is 0.417 e. The summed E-state index contributed by atoms with van der Waals surface area (Å²) < 4.78 is 41.7. The van der Waals surface area contributed by atoms with Crippen molar-refractivity contribution in [1.29, 1.82) is 0 Å². The number of amides is 1. The molecule has 0 spiro atoms. The maximum absolute atomic E-state index is 13.5. The molecule has 6 nitrogen and oxygen atoms in total. The van der Waals surface area contributed by atoms with Gasteiger partial charge >= 0.3 is 12.1 Å². The van der Waals surface area contributed by atoms with Gasteiger partial charge < -0.3 is 15.0 Å². The number of nitrogens with one attached hydrogen (secondary N) is 1. The Balaban J connectivity index is 1.65. The zero-order valence-electron chi connectivity index (χ0n) is 18.2. The van der Waals surface area contributed by atoms with Crippen molar-refractivity contribution in [2.45, 2.75) is 31.5 Å². The van der Waals surface area contributed by atoms with Crippen molar-refractivity contribution in [3.05, 3.63) is 87.3 Å². The number of aromatic nitrogens is 1. The van der Waals surface area contributed by atoms with Crippen LogP contribution in [0, 0.1) is 5.92 Å². The van der Waals surface area contributed by atoms with Crippen molar-refractivity contribution >= 4 is 29.2 Å². The Bertz CT molecular complexity index is 1330. The molecule has 1 heterocycles. The van der Waals surface area contributed by atoms with Crippen molar-refractivity contribution in [3.63, 3.8) is 0 Å². The minimum atomic E-state index is -4.64. The van der Waals surface area contributed by atoms with Gasteiger partial charge in [-0.15, -0.1) is 0 Å². The van der Waals surface area contributed by atoms with Gasteiger partial charge in [0.05, 0.1) is 11.1 Å². The lowest BCUT2D eigenvalue weighted by molar-refractivity contribution is -0.137. The maximum atomic E-state index is 13.5. The van der Waals surface area contributed by atoms with Gasteiger partial charge in [0.25, 0.3) is 5.56 Å². The fourth-order valence-electron chi connectivity index (χ4n) is 3.86. The van der Waals surface area contributed by atoms with Gasteiger partial charge in [-0.05, 0) is 72.0 Å². The highest BCUT2D eigenvalue weighted by molar-refractivity contribution is 6.30. The molecular weight excluding hydrogens is 485 g/mol. The standard InChI is InChI=1S/C25H20ClF3N2O4/c26-17-5-8-20(25(27,28)29)19(13-17)16-9-10-31(22(32)12-16)21(11-14-1-2-14)23(33)30-18-6-3-15(4-7-18)24(34)35/h3-10,12-14,21H,1-2,11H2,(H,30,33)(H,34,35). The summed E-state index contributed by atoms with van der Waals surface area (Å²) >= 11 is 5.91. The second kappa shape index (κ2) is 9.58. The van der Waals surface area contributed by atoms with E-state index in [1.165, 1.54) is 41.1 Å². The average Bonchev–Trinajstić information content (AvgIpc) is 3.61. The highest BCUT2D eigenvalue weighted by Gasteiger charge is 2.34. The molecule has 1 amide bonds. The summed E-state index contributed by atoms with van der Waals surface area (Å²) in [5.74, 6) is -1.32. The molecule has 10 heteroatoms. The van der Waals surface area contributed by atoms with E-state index in [0.717, 1.165) is 37.1 Å². The van der Waals surface area contributed by atoms with E-state index in [-0.39, 0.29) is 27.6 Å². The number of benzene rings is 2. The molecule has 1 aliphatic carbocycles. The van der Waals surface area contributed by atoms with Gasteiger partial charge in [-0.3, -0.25) is 9.59 Å². The van der Waals surface area contributed by atoms with Crippen molar-refractivity contribution in [1.82, 2.24) is 4.57 Å². The first-order valence-corrected chi connectivity index (χ1v) is 11.1. The molecule has 1 aliphatic rings. The number of carbonyl (C=O) groups excluding carboxylic acids is 1. The van der Waals surface area contributed by atoms with Gasteiger partial charge in [0.1, 0.15) is 6.04 Å². The van der Waals surface area contributed by atoms with Crippen LogP contribution in [0.1, 0.15) is 41.2 Å². The zero-order chi connectivity index (χ0) is 25.3. The SMILES string of the molecule is O=C(O)c1ccc(NC(=O)C(CC2CC2)n2ccc(-c3cc(Cl)ccc3C(F)(F)F)cc2=O)cc1. The number of aromatic carboxylic acids is 1. The summed E-state index contributed by atoms with van der Waals surface area (Å²) in [6, 6.07) is 10.3. The molecule has 1 fully saturated rings. The summed E-state index contributed by atoms with van der Waals surface area (Å²) in [5.41, 5.74) is -1.32. The Morgan fingerprint density at radius 3 is 2.34 bits per heavy atom. The molecule has 182 valence electrons. The molecule has 0 bridgehead atoms. The topological polar surface area (TPSA) is 88.4 Å². The molecule has 0 saturated heterocycles. The number of alkyl halides is 3. The largest absolute Gasteiger partial charge is 0.478 e. The van der Waals surface area contributed by atoms with Crippen molar-refractivity contribution in [2.75, 3.05) is 5.32 Å². The predicted octanol–water partition coefficient (Wildman–Crippen LogP) is 5.87. The fraction of sp³-hybridized carbons (Fsp3) is 0.240. The molecular formula is C25H20ClF3N2O4. The molecule has 1 saturated carbocycles. The number of halogens is 4. The lowest BCUT2D eigenvalue weighted by Crippen LogP contribution is -2.33. The lowest BCUT2D eigenvalue weighted by atomic mass is 10.00. The highest BCUT2D eigenvalue weighted by atomic mass is 35.5. The van der Waals surface area contributed by atoms with E-state index >= 15 is 0 Å². The third kappa shape index (κ3) is 5.74. The van der Waals surface area contributed by atoms with Crippen LogP contribution in [0.5, 0.6) is 0 Å². The number of hydrogen-bond donors (Lipinski definition) is 2. The van der Waals surface area contributed by atoms with Crippen LogP contribution in [0.15, 0.2) is 65.6 Å². The number of anilines is 1. The van der Waals surface area contributed by atoms with Crippen LogP contribution >= 0.6 is 11.6 Å². The van der Waals surface area contributed by atoms with Crippen LogP contribution < -0.4 is 10.9 Å². The Labute approximate surface area is 203 Å². The first-order chi connectivity index (χ1) is 16.5. The van der Waals surface area contributed by atoms with E-state index < -0.39 is 35.2 Å². The summed E-state index contributed by atoms with van der Waals surface area (Å²) in [5, 5.41) is 11.8. The normalized spacial score (nSPS) is 14.4. The van der Waals surface area contributed by atoms with E-state index in [0.29, 0.717) is 12.1 Å². The highest BCUT2D eigenvalue weighted by Crippen LogP contribution is 2.39. The van der Waals surface area contributed by atoms with Gasteiger partial charge in [0.15, 0.2) is 0 Å². The van der Waals surface area contributed by atoms with E-state index in [4.69, 9.17) is 16.7 Å². The Morgan fingerprint density at radius 2 is 1.77 bits per heavy atom. The number of carbonyl (C=O) groups is 2. The first-order valence-electron chi connectivity index (χ1n) is 10.8. The van der Waals surface area contributed by atoms with Gasteiger partial charge in [-0.25, -0.2) is 4.79 Å². The quantitative estimate of drug-likeness (QED) is 0.421. The molecule has 35 heavy (non-hydrogen) atoms. The molecule has 0 radical (unpaired) electrons. The summed E-state index contributed by atoms with van der Waals surface area (Å²) in [4.78, 5) is 37.1. The number of hydrogen-bond acceptors (Lipinski definition) is 3. The van der Waals surface area contributed by atoms with Crippen LogP contribution in [-0.4, -0.2) is 21.6 Å². The van der Waals surface area contributed by atoms with Crippen LogP contribution in [0.4, 0.5) is 18.9 Å². The average molecular weight is 505 g/mol. The number of carboxylic acids is 1.